The van der Waals surface area contributed by atoms with Crippen molar-refractivity contribution in [3.63, 3.8) is 0 Å². The molecule has 0 aliphatic rings. The van der Waals surface area contributed by atoms with Crippen LogP contribution in [0.25, 0.3) is 5.57 Å². The van der Waals surface area contributed by atoms with Crippen LogP contribution in [0.15, 0.2) is 40.8 Å². The number of carboxylic acids is 1. The van der Waals surface area contributed by atoms with Crippen molar-refractivity contribution in [1.29, 1.82) is 0 Å². The highest BCUT2D eigenvalue weighted by molar-refractivity contribution is 6.04. The number of allylic oxidation sites excluding steroid dienone is 1. The Morgan fingerprint density at radius 1 is 1.26 bits per heavy atom. The topological polar surface area (TPSA) is 99.8 Å². The fourth-order valence-electron chi connectivity index (χ4n) is 2.01. The Balaban J connectivity index is 2.14. The van der Waals surface area contributed by atoms with E-state index in [0.717, 1.165) is 12.2 Å². The predicted octanol–water partition coefficient (Wildman–Crippen LogP) is 3.29. The number of aromatic carboxylic acids is 1. The number of carboxylic acid groups (broad SMARTS) is 1. The normalized spacial score (nSPS) is 11.3. The lowest BCUT2D eigenvalue weighted by atomic mass is 10.1. The molecule has 0 saturated heterocycles. The predicted molar refractivity (Wildman–Crippen MR) is 85.4 cm³/mol. The van der Waals surface area contributed by atoms with E-state index < -0.39 is 11.9 Å². The summed E-state index contributed by atoms with van der Waals surface area (Å²) in [5.41, 5.74) is 0.657. The summed E-state index contributed by atoms with van der Waals surface area (Å²) in [7, 11) is 0. The summed E-state index contributed by atoms with van der Waals surface area (Å²) >= 11 is 0. The lowest BCUT2D eigenvalue weighted by Gasteiger charge is -2.05. The van der Waals surface area contributed by atoms with Crippen molar-refractivity contribution in [3.05, 3.63) is 53.5 Å². The van der Waals surface area contributed by atoms with Crippen molar-refractivity contribution in [3.8, 4) is 5.75 Å². The maximum absolute atomic E-state index is 12.0. The van der Waals surface area contributed by atoms with E-state index in [9.17, 15) is 14.7 Å². The van der Waals surface area contributed by atoms with Gasteiger partial charge in [0.2, 0.25) is 5.91 Å². The van der Waals surface area contributed by atoms with Crippen molar-refractivity contribution < 1.29 is 24.2 Å². The van der Waals surface area contributed by atoms with Crippen molar-refractivity contribution in [2.45, 2.75) is 20.3 Å². The van der Waals surface area contributed by atoms with Gasteiger partial charge in [-0.25, -0.2) is 4.79 Å². The molecule has 0 bridgehead atoms. The zero-order chi connectivity index (χ0) is 17.0. The standard InChI is InChI=1S/C17H17NO5/c1-3-12-5-7-15(23-12)10(2)8-16(20)18-11-4-6-14(19)13(9-11)17(21)22/h4-9,19H,3H2,1-2H3,(H,18,20)(H,21,22). The van der Waals surface area contributed by atoms with Crippen molar-refractivity contribution >= 4 is 23.1 Å². The van der Waals surface area contributed by atoms with Gasteiger partial charge in [0.05, 0.1) is 0 Å². The summed E-state index contributed by atoms with van der Waals surface area (Å²) in [6, 6.07) is 7.48. The molecule has 1 heterocycles. The fraction of sp³-hybridized carbons (Fsp3) is 0.176. The zero-order valence-electron chi connectivity index (χ0n) is 12.8. The van der Waals surface area contributed by atoms with Crippen LogP contribution in [0.4, 0.5) is 5.69 Å². The number of aryl methyl sites for hydroxylation is 1. The number of furan rings is 1. The van der Waals surface area contributed by atoms with E-state index in [-0.39, 0.29) is 17.0 Å². The van der Waals surface area contributed by atoms with Gasteiger partial charge < -0.3 is 19.9 Å². The average molecular weight is 315 g/mol. The molecule has 3 N–H and O–H groups in total. The third kappa shape index (κ3) is 4.00. The van der Waals surface area contributed by atoms with Crippen LogP contribution < -0.4 is 5.32 Å². The Bertz CT molecular complexity index is 773. The average Bonchev–Trinajstić information content (AvgIpc) is 2.98. The first kappa shape index (κ1) is 16.4. The van der Waals surface area contributed by atoms with Crippen LogP contribution in [-0.2, 0) is 11.2 Å². The summed E-state index contributed by atoms with van der Waals surface area (Å²) in [5, 5.41) is 20.9. The smallest absolute Gasteiger partial charge is 0.339 e. The van der Waals surface area contributed by atoms with Crippen LogP contribution in [0, 0.1) is 0 Å². The van der Waals surface area contributed by atoms with Crippen molar-refractivity contribution in [2.75, 3.05) is 5.32 Å². The first-order chi connectivity index (χ1) is 10.9. The molecule has 1 aromatic carbocycles. The summed E-state index contributed by atoms with van der Waals surface area (Å²) < 4.78 is 5.55. The quantitative estimate of drug-likeness (QED) is 0.581. The largest absolute Gasteiger partial charge is 0.507 e. The highest BCUT2D eigenvalue weighted by Crippen LogP contribution is 2.22. The number of carbonyl (C=O) groups is 2. The molecular weight excluding hydrogens is 298 g/mol. The molecule has 6 nitrogen and oxygen atoms in total. The molecule has 2 rings (SSSR count). The maximum atomic E-state index is 12.0. The van der Waals surface area contributed by atoms with E-state index in [1.54, 1.807) is 13.0 Å². The number of rotatable bonds is 5. The highest BCUT2D eigenvalue weighted by Gasteiger charge is 2.11. The lowest BCUT2D eigenvalue weighted by Crippen LogP contribution is -2.09. The molecule has 0 atom stereocenters. The van der Waals surface area contributed by atoms with Crippen molar-refractivity contribution in [2.24, 2.45) is 0 Å². The van der Waals surface area contributed by atoms with Gasteiger partial charge in [-0.1, -0.05) is 6.92 Å². The first-order valence-electron chi connectivity index (χ1n) is 7.05. The Morgan fingerprint density at radius 3 is 2.61 bits per heavy atom. The van der Waals surface area contributed by atoms with Gasteiger partial charge in [-0.15, -0.1) is 0 Å². The molecule has 0 fully saturated rings. The molecule has 0 spiro atoms. The Morgan fingerprint density at radius 2 is 2.00 bits per heavy atom. The molecule has 0 aliphatic heterocycles. The van der Waals surface area contributed by atoms with Gasteiger partial charge in [-0.05, 0) is 42.8 Å². The van der Waals surface area contributed by atoms with Gasteiger partial charge in [0, 0.05) is 18.2 Å². The lowest BCUT2D eigenvalue weighted by molar-refractivity contribution is -0.111. The summed E-state index contributed by atoms with van der Waals surface area (Å²) in [6.45, 7) is 3.72. The molecule has 120 valence electrons. The van der Waals surface area contributed by atoms with E-state index in [0.29, 0.717) is 11.3 Å². The number of amides is 1. The van der Waals surface area contributed by atoms with Crippen molar-refractivity contribution in [1.82, 2.24) is 0 Å². The van der Waals surface area contributed by atoms with E-state index in [1.165, 1.54) is 24.3 Å². The van der Waals surface area contributed by atoms with Crippen LogP contribution in [0.3, 0.4) is 0 Å². The fourth-order valence-corrected chi connectivity index (χ4v) is 2.01. The molecule has 0 aliphatic carbocycles. The number of carbonyl (C=O) groups excluding carboxylic acids is 1. The molecule has 1 amide bonds. The minimum Gasteiger partial charge on any atom is -0.507 e. The van der Waals surface area contributed by atoms with Crippen LogP contribution in [0.5, 0.6) is 5.75 Å². The van der Waals surface area contributed by atoms with Gasteiger partial charge in [-0.3, -0.25) is 4.79 Å². The van der Waals surface area contributed by atoms with E-state index in [2.05, 4.69) is 5.32 Å². The van der Waals surface area contributed by atoms with Gasteiger partial charge in [0.1, 0.15) is 22.8 Å². The minimum atomic E-state index is -1.27. The van der Waals surface area contributed by atoms with Crippen LogP contribution in [0.1, 0.15) is 35.7 Å². The molecule has 1 aromatic heterocycles. The Kier molecular flexibility index (Phi) is 4.85. The molecule has 0 saturated carbocycles. The van der Waals surface area contributed by atoms with Gasteiger partial charge in [0.15, 0.2) is 0 Å². The molecular formula is C17H17NO5. The highest BCUT2D eigenvalue weighted by atomic mass is 16.4. The Hall–Kier alpha value is -3.02. The summed E-state index contributed by atoms with van der Waals surface area (Å²) in [5.74, 6) is -0.608. The second kappa shape index (κ2) is 6.83. The number of aromatic hydroxyl groups is 1. The summed E-state index contributed by atoms with van der Waals surface area (Å²) in [4.78, 5) is 23.0. The third-order valence-corrected chi connectivity index (χ3v) is 3.24. The zero-order valence-corrected chi connectivity index (χ0v) is 12.8. The summed E-state index contributed by atoms with van der Waals surface area (Å²) in [6.07, 6.45) is 2.14. The second-order valence-electron chi connectivity index (χ2n) is 4.97. The molecule has 6 heteroatoms. The molecule has 23 heavy (non-hydrogen) atoms. The van der Waals surface area contributed by atoms with Crippen LogP contribution in [0.2, 0.25) is 0 Å². The number of phenols is 1. The number of benzene rings is 1. The van der Waals surface area contributed by atoms with Gasteiger partial charge in [0.25, 0.3) is 0 Å². The maximum Gasteiger partial charge on any atom is 0.339 e. The second-order valence-corrected chi connectivity index (χ2v) is 4.97. The number of nitrogens with one attached hydrogen (secondary N) is 1. The third-order valence-electron chi connectivity index (χ3n) is 3.24. The van der Waals surface area contributed by atoms with E-state index >= 15 is 0 Å². The van der Waals surface area contributed by atoms with E-state index in [1.807, 2.05) is 13.0 Å². The Labute approximate surface area is 133 Å². The van der Waals surface area contributed by atoms with Crippen LogP contribution >= 0.6 is 0 Å². The SMILES string of the molecule is CCc1ccc(C(C)=CC(=O)Nc2ccc(O)c(C(=O)O)c2)o1. The van der Waals surface area contributed by atoms with Gasteiger partial charge in [-0.2, -0.15) is 0 Å². The number of hydrogen-bond acceptors (Lipinski definition) is 4. The molecule has 2 aromatic rings. The monoisotopic (exact) mass is 315 g/mol. The molecule has 0 radical (unpaired) electrons. The van der Waals surface area contributed by atoms with Gasteiger partial charge >= 0.3 is 5.97 Å². The minimum absolute atomic E-state index is 0.276. The van der Waals surface area contributed by atoms with Crippen LogP contribution in [-0.4, -0.2) is 22.1 Å². The first-order valence-corrected chi connectivity index (χ1v) is 7.05. The number of hydrogen-bond donors (Lipinski definition) is 3. The van der Waals surface area contributed by atoms with E-state index in [4.69, 9.17) is 9.52 Å². The molecule has 0 unspecified atom stereocenters. The number of anilines is 1.